The van der Waals surface area contributed by atoms with Crippen molar-refractivity contribution in [3.63, 3.8) is 0 Å². The maximum absolute atomic E-state index is 11.6. The van der Waals surface area contributed by atoms with Crippen molar-refractivity contribution in [1.82, 2.24) is 10.6 Å². The van der Waals surface area contributed by atoms with Crippen LogP contribution in [0.15, 0.2) is 0 Å². The summed E-state index contributed by atoms with van der Waals surface area (Å²) in [6.45, 7) is 13.2. The van der Waals surface area contributed by atoms with E-state index in [1.165, 1.54) is 19.3 Å². The van der Waals surface area contributed by atoms with Crippen LogP contribution in [0.5, 0.6) is 0 Å². The summed E-state index contributed by atoms with van der Waals surface area (Å²) in [4.78, 5) is 11.6. The first-order valence-corrected chi connectivity index (χ1v) is 7.83. The lowest BCUT2D eigenvalue weighted by atomic mass is 9.87. The summed E-state index contributed by atoms with van der Waals surface area (Å²) in [5, 5.41) is 6.51. The Labute approximate surface area is 124 Å². The molecule has 0 radical (unpaired) electrons. The molecule has 0 saturated heterocycles. The second-order valence-corrected chi connectivity index (χ2v) is 7.72. The third kappa shape index (κ3) is 6.12. The van der Waals surface area contributed by atoms with E-state index in [1.54, 1.807) is 0 Å². The zero-order chi connectivity index (χ0) is 15.4. The van der Waals surface area contributed by atoms with Gasteiger partial charge in [-0.15, -0.1) is 0 Å². The normalized spacial score (nSPS) is 23.4. The molecule has 1 aliphatic carbocycles. The minimum atomic E-state index is -0.435. The Morgan fingerprint density at radius 1 is 1.40 bits per heavy atom. The zero-order valence-corrected chi connectivity index (χ0v) is 14.0. The molecular weight excluding hydrogens is 252 g/mol. The summed E-state index contributed by atoms with van der Waals surface area (Å²) in [6.07, 6.45) is 4.48. The molecule has 4 heteroatoms. The number of carbonyl (C=O) groups excluding carboxylic acids is 1. The Balaban J connectivity index is 2.20. The Bertz CT molecular complexity index is 321. The molecule has 4 nitrogen and oxygen atoms in total. The average molecular weight is 284 g/mol. The summed E-state index contributed by atoms with van der Waals surface area (Å²) in [7, 11) is 0. The van der Waals surface area contributed by atoms with Crippen LogP contribution in [-0.4, -0.2) is 30.3 Å². The highest BCUT2D eigenvalue weighted by Crippen LogP contribution is 2.37. The van der Waals surface area contributed by atoms with Crippen molar-refractivity contribution in [3.8, 4) is 0 Å². The van der Waals surface area contributed by atoms with E-state index in [9.17, 15) is 4.79 Å². The van der Waals surface area contributed by atoms with Gasteiger partial charge < -0.3 is 15.4 Å². The van der Waals surface area contributed by atoms with Crippen LogP contribution in [0.2, 0.25) is 0 Å². The molecule has 0 aromatic rings. The first-order chi connectivity index (χ1) is 9.10. The van der Waals surface area contributed by atoms with Crippen LogP contribution in [-0.2, 0) is 4.74 Å². The van der Waals surface area contributed by atoms with Gasteiger partial charge in [0.2, 0.25) is 0 Å². The van der Waals surface area contributed by atoms with E-state index in [4.69, 9.17) is 4.74 Å². The molecule has 2 unspecified atom stereocenters. The number of alkyl carbamates (subject to hydrolysis) is 1. The van der Waals surface area contributed by atoms with Gasteiger partial charge in [-0.1, -0.05) is 20.3 Å². The second-order valence-electron chi connectivity index (χ2n) is 7.72. The predicted molar refractivity (Wildman–Crippen MR) is 82.9 cm³/mol. The third-order valence-electron chi connectivity index (χ3n) is 3.99. The number of ether oxygens (including phenoxy) is 1. The smallest absolute Gasteiger partial charge is 0.407 e. The fraction of sp³-hybridized carbons (Fsp3) is 0.938. The maximum Gasteiger partial charge on any atom is 0.407 e. The van der Waals surface area contributed by atoms with Crippen molar-refractivity contribution in [1.29, 1.82) is 0 Å². The summed E-state index contributed by atoms with van der Waals surface area (Å²) < 4.78 is 5.25. The fourth-order valence-electron chi connectivity index (χ4n) is 2.76. The molecule has 1 amide bonds. The number of nitrogens with one attached hydrogen (secondary N) is 2. The van der Waals surface area contributed by atoms with Crippen LogP contribution >= 0.6 is 0 Å². The first kappa shape index (κ1) is 17.3. The Morgan fingerprint density at radius 3 is 2.55 bits per heavy atom. The lowest BCUT2D eigenvalue weighted by Gasteiger charge is -2.28. The van der Waals surface area contributed by atoms with Crippen molar-refractivity contribution in [2.24, 2.45) is 5.41 Å². The summed E-state index contributed by atoms with van der Waals surface area (Å²) >= 11 is 0. The molecular formula is C16H32N2O2. The van der Waals surface area contributed by atoms with Crippen LogP contribution in [0.1, 0.15) is 67.2 Å². The van der Waals surface area contributed by atoms with Crippen molar-refractivity contribution in [2.75, 3.05) is 6.54 Å². The van der Waals surface area contributed by atoms with Gasteiger partial charge >= 0.3 is 6.09 Å². The molecule has 0 bridgehead atoms. The molecule has 2 atom stereocenters. The van der Waals surface area contributed by atoms with Gasteiger partial charge in [-0.25, -0.2) is 4.79 Å². The molecule has 0 spiro atoms. The molecule has 118 valence electrons. The van der Waals surface area contributed by atoms with Crippen molar-refractivity contribution < 1.29 is 9.53 Å². The molecule has 20 heavy (non-hydrogen) atoms. The molecule has 1 saturated carbocycles. The lowest BCUT2D eigenvalue weighted by Crippen LogP contribution is -2.42. The molecule has 0 aromatic carbocycles. The Kier molecular flexibility index (Phi) is 5.87. The summed E-state index contributed by atoms with van der Waals surface area (Å²) in [5.74, 6) is 0. The monoisotopic (exact) mass is 284 g/mol. The van der Waals surface area contributed by atoms with E-state index in [2.05, 4.69) is 24.5 Å². The number of rotatable bonds is 5. The Hall–Kier alpha value is -0.770. The lowest BCUT2D eigenvalue weighted by molar-refractivity contribution is 0.0506. The van der Waals surface area contributed by atoms with E-state index < -0.39 is 5.60 Å². The summed E-state index contributed by atoms with van der Waals surface area (Å²) in [5.41, 5.74) is -0.0300. The van der Waals surface area contributed by atoms with Crippen molar-refractivity contribution in [3.05, 3.63) is 0 Å². The second kappa shape index (κ2) is 6.79. The van der Waals surface area contributed by atoms with Crippen LogP contribution < -0.4 is 10.6 Å². The van der Waals surface area contributed by atoms with Gasteiger partial charge in [-0.3, -0.25) is 0 Å². The number of hydrogen-bond acceptors (Lipinski definition) is 3. The minimum absolute atomic E-state index is 0.127. The van der Waals surface area contributed by atoms with Crippen molar-refractivity contribution in [2.45, 2.75) is 84.9 Å². The van der Waals surface area contributed by atoms with Crippen LogP contribution in [0, 0.1) is 5.41 Å². The van der Waals surface area contributed by atoms with Gasteiger partial charge in [0.15, 0.2) is 0 Å². The molecule has 2 N–H and O–H groups in total. The molecule has 1 rings (SSSR count). The molecule has 0 aromatic heterocycles. The molecule has 1 aliphatic rings. The van der Waals surface area contributed by atoms with Gasteiger partial charge in [0.05, 0.1) is 0 Å². The molecule has 1 fully saturated rings. The van der Waals surface area contributed by atoms with Crippen LogP contribution in [0.4, 0.5) is 4.79 Å². The van der Waals surface area contributed by atoms with Crippen molar-refractivity contribution >= 4 is 6.09 Å². The summed E-state index contributed by atoms with van der Waals surface area (Å²) in [6, 6.07) is 0.734. The highest BCUT2D eigenvalue weighted by atomic mass is 16.6. The highest BCUT2D eigenvalue weighted by molar-refractivity contribution is 5.67. The standard InChI is InChI=1S/C16H32N2O2/c1-12(18-14(19)20-15(2,3)4)9-11-17-13-8-7-10-16(13,5)6/h12-13,17H,7-11H2,1-6H3,(H,18,19). The van der Waals surface area contributed by atoms with Crippen LogP contribution in [0.25, 0.3) is 0 Å². The van der Waals surface area contributed by atoms with Crippen LogP contribution in [0.3, 0.4) is 0 Å². The number of amides is 1. The SMILES string of the molecule is CC(CCNC1CCCC1(C)C)NC(=O)OC(C)(C)C. The van der Waals surface area contributed by atoms with E-state index >= 15 is 0 Å². The number of hydrogen-bond donors (Lipinski definition) is 2. The zero-order valence-electron chi connectivity index (χ0n) is 14.0. The van der Waals surface area contributed by atoms with E-state index in [0.29, 0.717) is 11.5 Å². The van der Waals surface area contributed by atoms with Gasteiger partial charge in [0, 0.05) is 12.1 Å². The highest BCUT2D eigenvalue weighted by Gasteiger charge is 2.33. The fourth-order valence-corrected chi connectivity index (χ4v) is 2.76. The van der Waals surface area contributed by atoms with Gasteiger partial charge in [-0.05, 0) is 58.9 Å². The topological polar surface area (TPSA) is 50.4 Å². The van der Waals surface area contributed by atoms with Gasteiger partial charge in [0.25, 0.3) is 0 Å². The van der Waals surface area contributed by atoms with E-state index in [0.717, 1.165) is 13.0 Å². The maximum atomic E-state index is 11.6. The first-order valence-electron chi connectivity index (χ1n) is 7.83. The average Bonchev–Trinajstić information content (AvgIpc) is 2.55. The van der Waals surface area contributed by atoms with E-state index in [1.807, 2.05) is 27.7 Å². The van der Waals surface area contributed by atoms with E-state index in [-0.39, 0.29) is 12.1 Å². The number of carbonyl (C=O) groups is 1. The van der Waals surface area contributed by atoms with Gasteiger partial charge in [0.1, 0.15) is 5.60 Å². The quantitative estimate of drug-likeness (QED) is 0.813. The largest absolute Gasteiger partial charge is 0.444 e. The molecule has 0 heterocycles. The Morgan fingerprint density at radius 2 is 2.05 bits per heavy atom. The van der Waals surface area contributed by atoms with Gasteiger partial charge in [-0.2, -0.15) is 0 Å². The predicted octanol–water partition coefficient (Wildman–Crippen LogP) is 3.46. The minimum Gasteiger partial charge on any atom is -0.444 e. The molecule has 0 aliphatic heterocycles. The third-order valence-corrected chi connectivity index (χ3v) is 3.99.